The Morgan fingerprint density at radius 1 is 0.722 bits per heavy atom. The van der Waals surface area contributed by atoms with Gasteiger partial charge in [-0.25, -0.2) is 13.5 Å². The van der Waals surface area contributed by atoms with Crippen LogP contribution in [0.25, 0.3) is 0 Å². The molecule has 1 unspecified atom stereocenters. The van der Waals surface area contributed by atoms with Crippen molar-refractivity contribution in [2.24, 2.45) is 13.5 Å². The predicted octanol–water partition coefficient (Wildman–Crippen LogP) is 7.24. The molecule has 0 fully saturated rings. The summed E-state index contributed by atoms with van der Waals surface area (Å²) in [5, 5.41) is 0. The average Bonchev–Trinajstić information content (AvgIpc) is 2.13. The molecular weight excluding hydrogens is 339 g/mol. The molecule has 0 aromatic carbocycles. The molecule has 9 heteroatoms. The summed E-state index contributed by atoms with van der Waals surface area (Å²) in [4.78, 5) is 0. The molecule has 3 nitrogen and oxygen atoms in total. The van der Waals surface area contributed by atoms with E-state index < -0.39 is 19.2 Å². The van der Waals surface area contributed by atoms with E-state index in [-0.39, 0.29) is 0 Å². The van der Waals surface area contributed by atoms with Crippen LogP contribution in [0.5, 0.6) is 0 Å². The van der Waals surface area contributed by atoms with E-state index in [2.05, 4.69) is 40.8 Å². The number of nitrogens with zero attached hydrogens (tertiary/aromatic N) is 3. The lowest BCUT2D eigenvalue weighted by molar-refractivity contribution is 1.53. The van der Waals surface area contributed by atoms with Gasteiger partial charge in [0, 0.05) is 0 Å². The van der Waals surface area contributed by atoms with E-state index >= 15 is 0 Å². The van der Waals surface area contributed by atoms with Crippen LogP contribution in [0, 0.1) is 0 Å². The molecule has 0 bridgehead atoms. The predicted molar refractivity (Wildman–Crippen MR) is 100 cm³/mol. The zero-order valence-corrected chi connectivity index (χ0v) is 17.2. The molecule has 0 N–H and O–H groups in total. The van der Waals surface area contributed by atoms with Crippen LogP contribution in [0.15, 0.2) is 13.5 Å². The maximum absolute atomic E-state index is 5.22. The molecule has 0 aromatic rings. The van der Waals surface area contributed by atoms with E-state index in [4.69, 9.17) is 13.5 Å². The quantitative estimate of drug-likeness (QED) is 0.467. The van der Waals surface area contributed by atoms with Crippen LogP contribution in [-0.2, 0) is 0 Å². The van der Waals surface area contributed by atoms with Crippen LogP contribution >= 0.6 is 53.4 Å². The molecule has 0 aliphatic carbocycles. The van der Waals surface area contributed by atoms with Crippen LogP contribution in [0.4, 0.5) is 0 Å². The van der Waals surface area contributed by atoms with Gasteiger partial charge < -0.3 is 0 Å². The van der Waals surface area contributed by atoms with E-state index in [0.29, 0.717) is 0 Å². The highest BCUT2D eigenvalue weighted by atomic mass is 33.1. The molecule has 1 aliphatic rings. The molecule has 1 atom stereocenters. The van der Waals surface area contributed by atoms with Gasteiger partial charge in [-0.15, -0.1) is 0 Å². The zero-order chi connectivity index (χ0) is 13.9. The second-order valence-corrected chi connectivity index (χ2v) is 22.3. The normalized spacial score (nSPS) is 29.0. The lowest BCUT2D eigenvalue weighted by Gasteiger charge is -2.30. The van der Waals surface area contributed by atoms with Gasteiger partial charge in [-0.05, 0) is 37.3 Å². The molecule has 0 spiro atoms. The van der Waals surface area contributed by atoms with E-state index in [0.717, 1.165) is 17.3 Å². The third kappa shape index (κ3) is 4.93. The summed E-state index contributed by atoms with van der Waals surface area (Å²) in [5.74, 6) is 3.31. The first-order valence-electron chi connectivity index (χ1n) is 6.08. The summed E-state index contributed by atoms with van der Waals surface area (Å²) in [6, 6.07) is 0. The van der Waals surface area contributed by atoms with Gasteiger partial charge in [-0.1, -0.05) is 54.9 Å². The van der Waals surface area contributed by atoms with Crippen molar-refractivity contribution in [3.05, 3.63) is 0 Å². The topological polar surface area (TPSA) is 37.1 Å². The lowest BCUT2D eigenvalue weighted by atomic mass is 11.0. The summed E-state index contributed by atoms with van der Waals surface area (Å²) in [7, 11) is -1.48. The molecule has 1 heterocycles. The van der Waals surface area contributed by atoms with Gasteiger partial charge >= 0.3 is 0 Å². The fourth-order valence-electron chi connectivity index (χ4n) is 1.72. The van der Waals surface area contributed by atoms with Gasteiger partial charge in [0.2, 0.25) is 0 Å². The van der Waals surface area contributed by atoms with Crippen molar-refractivity contribution in [2.45, 2.75) is 20.8 Å². The Bertz CT molecular complexity index is 445. The molecule has 0 saturated carbocycles. The molecule has 108 valence electrons. The third-order valence-electron chi connectivity index (χ3n) is 1.96. The maximum atomic E-state index is 5.22. The van der Waals surface area contributed by atoms with E-state index in [1.807, 2.05) is 34.1 Å². The molecule has 0 aromatic heterocycles. The summed E-state index contributed by atoms with van der Waals surface area (Å²) in [6.07, 6.45) is -1.54. The number of hydrogen-bond acceptors (Lipinski definition) is 6. The largest absolute Gasteiger partial charge is 0.231 e. The highest BCUT2D eigenvalue weighted by Gasteiger charge is 2.30. The van der Waals surface area contributed by atoms with Crippen LogP contribution in [0.3, 0.4) is 0 Å². The molecule has 0 radical (unpaired) electrons. The molecule has 0 amide bonds. The summed E-state index contributed by atoms with van der Waals surface area (Å²) in [6.45, 7) is 13.4. The first-order valence-corrected chi connectivity index (χ1v) is 17.3. The average molecular weight is 363 g/mol. The van der Waals surface area contributed by atoms with Crippen LogP contribution in [0.1, 0.15) is 20.8 Å². The Morgan fingerprint density at radius 2 is 1.22 bits per heavy atom. The fourth-order valence-corrected chi connectivity index (χ4v) is 31.0. The number of rotatable bonds is 6. The monoisotopic (exact) mass is 363 g/mol. The summed E-state index contributed by atoms with van der Waals surface area (Å²) in [5.41, 5.74) is -1.60. The SMILES string of the molecule is CCSP1(C)=NP(SCC)(SCC)=NP(C)(C)=N1. The molecular formula is C9H24N3P3S3. The minimum Gasteiger partial charge on any atom is -0.231 e. The highest BCUT2D eigenvalue weighted by Crippen LogP contribution is 2.87. The Morgan fingerprint density at radius 3 is 1.67 bits per heavy atom. The first kappa shape index (κ1) is 17.8. The Balaban J connectivity index is 3.38. The van der Waals surface area contributed by atoms with E-state index in [9.17, 15) is 0 Å². The second kappa shape index (κ2) is 7.14. The standard InChI is InChI=1S/C9H24N3P3S3/c1-7-16-14(6)10-13(4,5)11-15(12-14,17-8-2)18-9-3/h7-9H2,1-6H3. The van der Waals surface area contributed by atoms with Crippen molar-refractivity contribution in [3.8, 4) is 0 Å². The van der Waals surface area contributed by atoms with Gasteiger partial charge in [0.15, 0.2) is 5.61 Å². The molecule has 1 aliphatic heterocycles. The van der Waals surface area contributed by atoms with E-state index in [1.54, 1.807) is 0 Å². The van der Waals surface area contributed by atoms with Crippen molar-refractivity contribution in [2.75, 3.05) is 37.3 Å². The highest BCUT2D eigenvalue weighted by molar-refractivity contribution is 8.91. The first-order chi connectivity index (χ1) is 8.30. The number of hydrogen-bond donors (Lipinski definition) is 0. The van der Waals surface area contributed by atoms with Gasteiger partial charge in [0.05, 0.1) is 7.21 Å². The van der Waals surface area contributed by atoms with Crippen LogP contribution in [0.2, 0.25) is 0 Å². The Kier molecular flexibility index (Phi) is 7.06. The van der Waals surface area contributed by atoms with Gasteiger partial charge in [-0.2, -0.15) is 0 Å². The van der Waals surface area contributed by atoms with Gasteiger partial charge in [0.25, 0.3) is 0 Å². The maximum Gasteiger partial charge on any atom is 0.188 e. The summed E-state index contributed by atoms with van der Waals surface area (Å²) < 4.78 is 15.4. The lowest BCUT2D eigenvalue weighted by Crippen LogP contribution is -1.83. The fraction of sp³-hybridized carbons (Fsp3) is 1.00. The van der Waals surface area contributed by atoms with Crippen molar-refractivity contribution < 1.29 is 0 Å². The molecule has 1 rings (SSSR count). The minimum atomic E-state index is -1.60. The Labute approximate surface area is 124 Å². The van der Waals surface area contributed by atoms with E-state index in [1.165, 1.54) is 0 Å². The van der Waals surface area contributed by atoms with Crippen LogP contribution in [-0.4, -0.2) is 37.3 Å². The molecule has 0 saturated heterocycles. The van der Waals surface area contributed by atoms with Crippen molar-refractivity contribution in [3.63, 3.8) is 0 Å². The summed E-state index contributed by atoms with van der Waals surface area (Å²) >= 11 is 5.91. The molecule has 18 heavy (non-hydrogen) atoms. The minimum absolute atomic E-state index is 1.10. The van der Waals surface area contributed by atoms with Crippen molar-refractivity contribution in [1.29, 1.82) is 0 Å². The van der Waals surface area contributed by atoms with Crippen molar-refractivity contribution in [1.82, 2.24) is 0 Å². The smallest absolute Gasteiger partial charge is 0.188 e. The van der Waals surface area contributed by atoms with Gasteiger partial charge in [-0.3, -0.25) is 0 Å². The van der Waals surface area contributed by atoms with Gasteiger partial charge in [0.1, 0.15) is 6.41 Å². The zero-order valence-electron chi connectivity index (χ0n) is 12.0. The van der Waals surface area contributed by atoms with Crippen LogP contribution < -0.4 is 0 Å². The third-order valence-corrected chi connectivity index (χ3v) is 23.5. The second-order valence-electron chi connectivity index (χ2n) is 4.18. The van der Waals surface area contributed by atoms with Crippen molar-refractivity contribution >= 4 is 53.4 Å². The Hall–Kier alpha value is 1.74.